The molecule has 0 radical (unpaired) electrons. The summed E-state index contributed by atoms with van der Waals surface area (Å²) in [5.74, 6) is -2.03. The smallest absolute Gasteiger partial charge is 0.254 e. The van der Waals surface area contributed by atoms with Crippen LogP contribution in [0.2, 0.25) is 0 Å². The van der Waals surface area contributed by atoms with E-state index in [0.29, 0.717) is 0 Å². The number of hydrogen-bond acceptors (Lipinski definition) is 3. The van der Waals surface area contributed by atoms with E-state index in [4.69, 9.17) is 0 Å². The molecule has 1 heterocycles. The second kappa shape index (κ2) is 5.40. The lowest BCUT2D eigenvalue weighted by Crippen LogP contribution is -2.53. The summed E-state index contributed by atoms with van der Waals surface area (Å²) in [6.07, 6.45) is 0.421. The molecule has 0 aliphatic carbocycles. The van der Waals surface area contributed by atoms with E-state index in [9.17, 15) is 18.8 Å². The highest BCUT2D eigenvalue weighted by Crippen LogP contribution is 2.14. The molecule has 20 heavy (non-hydrogen) atoms. The molecule has 1 unspecified atom stereocenters. The third-order valence-electron chi connectivity index (χ3n) is 3.32. The summed E-state index contributed by atoms with van der Waals surface area (Å²) in [7, 11) is 1.37. The maximum Gasteiger partial charge on any atom is 0.254 e. The molecule has 6 heteroatoms. The van der Waals surface area contributed by atoms with Crippen molar-refractivity contribution in [2.75, 3.05) is 7.05 Å². The molecular weight excluding hydrogens is 263 g/mol. The van der Waals surface area contributed by atoms with Crippen molar-refractivity contribution in [3.8, 4) is 0 Å². The number of benzene rings is 1. The van der Waals surface area contributed by atoms with E-state index in [2.05, 4.69) is 5.32 Å². The Morgan fingerprint density at radius 3 is 2.80 bits per heavy atom. The first-order valence-corrected chi connectivity index (χ1v) is 6.27. The van der Waals surface area contributed by atoms with E-state index in [1.165, 1.54) is 19.2 Å². The fraction of sp³-hybridized carbons (Fsp3) is 0.357. The number of aryl methyl sites for hydroxylation is 1. The van der Waals surface area contributed by atoms with Gasteiger partial charge in [-0.3, -0.25) is 19.3 Å². The number of nitrogens with one attached hydrogen (secondary N) is 1. The number of piperidine rings is 1. The molecule has 1 N–H and O–H groups in total. The minimum atomic E-state index is -0.787. The average Bonchev–Trinajstić information content (AvgIpc) is 2.42. The number of likely N-dealkylation sites (tertiary alicyclic amines) is 1. The lowest BCUT2D eigenvalue weighted by Gasteiger charge is -2.28. The number of nitrogens with zero attached hydrogens (tertiary/aromatic N) is 1. The van der Waals surface area contributed by atoms with Crippen LogP contribution in [0.3, 0.4) is 0 Å². The number of likely N-dealkylation sites (N-methyl/N-ethyl adjacent to an activating group) is 1. The third-order valence-corrected chi connectivity index (χ3v) is 3.32. The van der Waals surface area contributed by atoms with Crippen LogP contribution in [0.4, 0.5) is 4.39 Å². The van der Waals surface area contributed by atoms with Gasteiger partial charge in [0.25, 0.3) is 11.8 Å². The van der Waals surface area contributed by atoms with Crippen molar-refractivity contribution >= 4 is 17.7 Å². The Morgan fingerprint density at radius 1 is 1.40 bits per heavy atom. The summed E-state index contributed by atoms with van der Waals surface area (Å²) in [6.45, 7) is 1.74. The fourth-order valence-corrected chi connectivity index (χ4v) is 2.10. The van der Waals surface area contributed by atoms with Crippen LogP contribution >= 0.6 is 0 Å². The zero-order chi connectivity index (χ0) is 14.9. The van der Waals surface area contributed by atoms with E-state index >= 15 is 0 Å². The molecule has 1 aromatic rings. The van der Waals surface area contributed by atoms with Gasteiger partial charge in [0, 0.05) is 13.5 Å². The average molecular weight is 278 g/mol. The molecule has 1 aromatic carbocycles. The highest BCUT2D eigenvalue weighted by atomic mass is 19.1. The van der Waals surface area contributed by atoms with Gasteiger partial charge in [0.15, 0.2) is 0 Å². The number of carbonyl (C=O) groups is 3. The monoisotopic (exact) mass is 278 g/mol. The van der Waals surface area contributed by atoms with Gasteiger partial charge >= 0.3 is 0 Å². The zero-order valence-electron chi connectivity index (χ0n) is 11.3. The van der Waals surface area contributed by atoms with Gasteiger partial charge in [0.1, 0.15) is 11.9 Å². The first-order chi connectivity index (χ1) is 9.40. The van der Waals surface area contributed by atoms with Crippen LogP contribution < -0.4 is 5.32 Å². The second-order valence-corrected chi connectivity index (χ2v) is 4.84. The minimum absolute atomic E-state index is 0.0997. The number of hydrogen-bond donors (Lipinski definition) is 1. The first-order valence-electron chi connectivity index (χ1n) is 6.27. The number of rotatable bonds is 2. The van der Waals surface area contributed by atoms with E-state index in [-0.39, 0.29) is 24.3 Å². The summed E-state index contributed by atoms with van der Waals surface area (Å²) in [6, 6.07) is 3.41. The Morgan fingerprint density at radius 2 is 2.10 bits per heavy atom. The van der Waals surface area contributed by atoms with Crippen molar-refractivity contribution in [3.63, 3.8) is 0 Å². The molecule has 1 fully saturated rings. The van der Waals surface area contributed by atoms with Crippen molar-refractivity contribution < 1.29 is 18.8 Å². The molecule has 0 saturated carbocycles. The van der Waals surface area contributed by atoms with Crippen molar-refractivity contribution in [1.82, 2.24) is 10.2 Å². The molecule has 2 rings (SSSR count). The van der Waals surface area contributed by atoms with Crippen LogP contribution in [0.15, 0.2) is 18.2 Å². The predicted octanol–water partition coefficient (Wildman–Crippen LogP) is 1.01. The van der Waals surface area contributed by atoms with Gasteiger partial charge in [0.05, 0.1) is 5.56 Å². The van der Waals surface area contributed by atoms with Crippen LogP contribution in [0.25, 0.3) is 0 Å². The van der Waals surface area contributed by atoms with Crippen molar-refractivity contribution in [1.29, 1.82) is 0 Å². The third kappa shape index (κ3) is 2.68. The number of amides is 3. The largest absolute Gasteiger partial charge is 0.340 e. The van der Waals surface area contributed by atoms with E-state index in [1.807, 2.05) is 0 Å². The normalized spacial score (nSPS) is 19.1. The Kier molecular flexibility index (Phi) is 3.83. The zero-order valence-corrected chi connectivity index (χ0v) is 11.3. The lowest BCUT2D eigenvalue weighted by molar-refractivity contribution is -0.147. The van der Waals surface area contributed by atoms with Crippen LogP contribution in [-0.4, -0.2) is 35.7 Å². The van der Waals surface area contributed by atoms with Gasteiger partial charge in [-0.1, -0.05) is 11.6 Å². The van der Waals surface area contributed by atoms with Gasteiger partial charge in [-0.15, -0.1) is 0 Å². The summed E-state index contributed by atoms with van der Waals surface area (Å²) in [5, 5.41) is 2.48. The maximum absolute atomic E-state index is 13.6. The molecule has 1 saturated heterocycles. The second-order valence-electron chi connectivity index (χ2n) is 4.84. The predicted molar refractivity (Wildman–Crippen MR) is 69.4 cm³/mol. The molecule has 0 spiro atoms. The van der Waals surface area contributed by atoms with E-state index < -0.39 is 23.7 Å². The maximum atomic E-state index is 13.6. The summed E-state index contributed by atoms with van der Waals surface area (Å²) in [5.41, 5.74) is 0.649. The Labute approximate surface area is 115 Å². The number of imide groups is 1. The van der Waals surface area contributed by atoms with Crippen molar-refractivity contribution in [3.05, 3.63) is 35.1 Å². The number of halogens is 1. The van der Waals surface area contributed by atoms with E-state index in [0.717, 1.165) is 10.5 Å². The molecule has 1 aliphatic heterocycles. The summed E-state index contributed by atoms with van der Waals surface area (Å²) >= 11 is 0. The molecule has 106 valence electrons. The van der Waals surface area contributed by atoms with Gasteiger partial charge in [-0.2, -0.15) is 0 Å². The first kappa shape index (κ1) is 14.2. The molecule has 1 atom stereocenters. The molecule has 0 aromatic heterocycles. The molecule has 5 nitrogen and oxygen atoms in total. The van der Waals surface area contributed by atoms with Crippen LogP contribution in [0.5, 0.6) is 0 Å². The van der Waals surface area contributed by atoms with Crippen LogP contribution in [0, 0.1) is 12.7 Å². The molecule has 3 amide bonds. The highest BCUT2D eigenvalue weighted by Gasteiger charge is 2.33. The lowest BCUT2D eigenvalue weighted by atomic mass is 10.0. The molecular formula is C14H15FN2O3. The van der Waals surface area contributed by atoms with E-state index in [1.54, 1.807) is 13.0 Å². The Bertz CT molecular complexity index is 586. The Balaban J connectivity index is 2.14. The molecule has 1 aliphatic rings. The summed E-state index contributed by atoms with van der Waals surface area (Å²) in [4.78, 5) is 36.2. The van der Waals surface area contributed by atoms with Crippen LogP contribution in [0.1, 0.15) is 28.8 Å². The quantitative estimate of drug-likeness (QED) is 0.821. The number of carbonyl (C=O) groups excluding carboxylic acids is 3. The summed E-state index contributed by atoms with van der Waals surface area (Å²) < 4.78 is 13.6. The van der Waals surface area contributed by atoms with Gasteiger partial charge in [0.2, 0.25) is 5.91 Å². The Hall–Kier alpha value is -2.24. The van der Waals surface area contributed by atoms with Crippen molar-refractivity contribution in [2.24, 2.45) is 0 Å². The topological polar surface area (TPSA) is 66.5 Å². The van der Waals surface area contributed by atoms with Crippen molar-refractivity contribution in [2.45, 2.75) is 25.8 Å². The van der Waals surface area contributed by atoms with Gasteiger partial charge in [-0.25, -0.2) is 4.39 Å². The van der Waals surface area contributed by atoms with Crippen LogP contribution in [-0.2, 0) is 9.59 Å². The minimum Gasteiger partial charge on any atom is -0.340 e. The standard InChI is InChI=1S/C14H15FN2O3/c1-8-3-4-10(15)9(7-8)13(19)16-11-5-6-12(18)17(2)14(11)20/h3-4,7,11H,5-6H2,1-2H3,(H,16,19). The fourth-order valence-electron chi connectivity index (χ4n) is 2.10. The van der Waals surface area contributed by atoms with Gasteiger partial charge in [-0.05, 0) is 25.5 Å². The van der Waals surface area contributed by atoms with Gasteiger partial charge < -0.3 is 5.32 Å². The SMILES string of the molecule is Cc1ccc(F)c(C(=O)NC2CCC(=O)N(C)C2=O)c1. The highest BCUT2D eigenvalue weighted by molar-refractivity contribution is 6.03. The molecule has 0 bridgehead atoms.